The fourth-order valence-corrected chi connectivity index (χ4v) is 7.87. The van der Waals surface area contributed by atoms with Gasteiger partial charge in [-0.15, -0.1) is 0 Å². The van der Waals surface area contributed by atoms with Crippen molar-refractivity contribution in [2.75, 3.05) is 6.61 Å². The highest BCUT2D eigenvalue weighted by Gasteiger charge is 2.75. The van der Waals surface area contributed by atoms with E-state index in [-0.39, 0.29) is 40.5 Å². The summed E-state index contributed by atoms with van der Waals surface area (Å²) < 4.78 is 18.1. The van der Waals surface area contributed by atoms with Crippen LogP contribution in [0.2, 0.25) is 0 Å². The predicted octanol–water partition coefficient (Wildman–Crippen LogP) is 4.14. The van der Waals surface area contributed by atoms with E-state index in [2.05, 4.69) is 19.9 Å². The van der Waals surface area contributed by atoms with Crippen LogP contribution in [0.1, 0.15) is 53.9 Å². The molecule has 0 N–H and O–H groups in total. The van der Waals surface area contributed by atoms with Crippen molar-refractivity contribution < 1.29 is 23.8 Å². The molecule has 158 valence electrons. The minimum absolute atomic E-state index is 0.0563. The van der Waals surface area contributed by atoms with Gasteiger partial charge in [0.25, 0.3) is 0 Å². The zero-order valence-corrected chi connectivity index (χ0v) is 18.5. The number of ether oxygens (including phenoxy) is 3. The van der Waals surface area contributed by atoms with Crippen LogP contribution in [0.25, 0.3) is 0 Å². The second-order valence-electron chi connectivity index (χ2n) is 10.5. The zero-order chi connectivity index (χ0) is 21.0. The summed E-state index contributed by atoms with van der Waals surface area (Å²) >= 11 is 6.72. The van der Waals surface area contributed by atoms with Crippen LogP contribution in [0, 0.1) is 28.6 Å². The largest absolute Gasteiger partial charge is 0.462 e. The Labute approximate surface area is 176 Å². The topological polar surface area (TPSA) is 61.8 Å². The molecule has 0 bridgehead atoms. The molecule has 0 unspecified atom stereocenters. The van der Waals surface area contributed by atoms with Gasteiger partial charge in [-0.3, -0.25) is 4.79 Å². The quantitative estimate of drug-likeness (QED) is 0.596. The summed E-state index contributed by atoms with van der Waals surface area (Å²) in [6.45, 7) is 10.2. The Morgan fingerprint density at radius 2 is 1.93 bits per heavy atom. The lowest BCUT2D eigenvalue weighted by atomic mass is 9.49. The molecule has 0 aromatic carbocycles. The molecule has 0 radical (unpaired) electrons. The SMILES string of the molecule is CC(=O)[C@@]12OC(C)(C)O[C@@H]1C[C@H]1[C@@H]3C=C(Cl)C4=CC(=O)OC[C@]4(C)[C@H]3CC[C@@]12C. The van der Waals surface area contributed by atoms with Crippen molar-refractivity contribution in [3.63, 3.8) is 0 Å². The van der Waals surface area contributed by atoms with Crippen molar-refractivity contribution >= 4 is 23.4 Å². The number of hydrogen-bond acceptors (Lipinski definition) is 5. The number of rotatable bonds is 1. The highest BCUT2D eigenvalue weighted by molar-refractivity contribution is 6.32. The number of Topliss-reactive ketones (excluding diaryl/α,β-unsaturated/α-hetero) is 1. The monoisotopic (exact) mass is 420 g/mol. The number of ketones is 1. The summed E-state index contributed by atoms with van der Waals surface area (Å²) in [5.74, 6) is -0.314. The van der Waals surface area contributed by atoms with E-state index >= 15 is 0 Å². The fourth-order valence-electron chi connectivity index (χ4n) is 7.46. The van der Waals surface area contributed by atoms with Gasteiger partial charge < -0.3 is 14.2 Å². The van der Waals surface area contributed by atoms with Crippen molar-refractivity contribution in [1.29, 1.82) is 0 Å². The van der Waals surface area contributed by atoms with Crippen molar-refractivity contribution in [3.05, 3.63) is 22.8 Å². The van der Waals surface area contributed by atoms with Gasteiger partial charge in [0.05, 0.1) is 6.10 Å². The number of halogens is 1. The normalized spacial score (nSPS) is 49.8. The first kappa shape index (κ1) is 19.8. The summed E-state index contributed by atoms with van der Waals surface area (Å²) in [6, 6.07) is 0. The number of esters is 1. The van der Waals surface area contributed by atoms with Crippen LogP contribution in [0.3, 0.4) is 0 Å². The van der Waals surface area contributed by atoms with Crippen LogP contribution in [0.4, 0.5) is 0 Å². The second kappa shape index (κ2) is 5.74. The van der Waals surface area contributed by atoms with Crippen LogP contribution < -0.4 is 0 Å². The van der Waals surface area contributed by atoms with Crippen molar-refractivity contribution in [1.82, 2.24) is 0 Å². The summed E-state index contributed by atoms with van der Waals surface area (Å²) in [6.07, 6.45) is 6.01. The predicted molar refractivity (Wildman–Crippen MR) is 107 cm³/mol. The lowest BCUT2D eigenvalue weighted by molar-refractivity contribution is -0.211. The molecule has 5 nitrogen and oxygen atoms in total. The maximum Gasteiger partial charge on any atom is 0.331 e. The van der Waals surface area contributed by atoms with Gasteiger partial charge in [0, 0.05) is 21.9 Å². The van der Waals surface area contributed by atoms with Crippen molar-refractivity contribution in [2.24, 2.45) is 28.6 Å². The minimum Gasteiger partial charge on any atom is -0.462 e. The van der Waals surface area contributed by atoms with E-state index in [1.807, 2.05) is 13.8 Å². The first-order valence-electron chi connectivity index (χ1n) is 10.6. The first-order chi connectivity index (χ1) is 13.4. The molecule has 0 aromatic heterocycles. The Bertz CT molecular complexity index is 874. The fraction of sp³-hybridized carbons (Fsp3) is 0.739. The third kappa shape index (κ3) is 2.30. The van der Waals surface area contributed by atoms with Crippen LogP contribution in [0.15, 0.2) is 22.8 Å². The summed E-state index contributed by atoms with van der Waals surface area (Å²) in [4.78, 5) is 24.9. The van der Waals surface area contributed by atoms with Gasteiger partial charge in [-0.05, 0) is 63.4 Å². The van der Waals surface area contributed by atoms with Gasteiger partial charge in [-0.2, -0.15) is 0 Å². The van der Waals surface area contributed by atoms with Crippen molar-refractivity contribution in [2.45, 2.75) is 71.4 Å². The molecule has 29 heavy (non-hydrogen) atoms. The molecule has 2 aliphatic heterocycles. The van der Waals surface area contributed by atoms with E-state index in [0.29, 0.717) is 17.6 Å². The molecule has 3 fully saturated rings. The maximum atomic E-state index is 13.0. The molecule has 5 aliphatic rings. The lowest BCUT2D eigenvalue weighted by Gasteiger charge is -2.57. The number of allylic oxidation sites excluding steroid dienone is 2. The lowest BCUT2D eigenvalue weighted by Crippen LogP contribution is -2.60. The van der Waals surface area contributed by atoms with Gasteiger partial charge in [0.15, 0.2) is 17.2 Å². The van der Waals surface area contributed by atoms with E-state index in [4.69, 9.17) is 25.8 Å². The molecule has 5 rings (SSSR count). The average molecular weight is 421 g/mol. The molecular weight excluding hydrogens is 392 g/mol. The van der Waals surface area contributed by atoms with Gasteiger partial charge in [-0.1, -0.05) is 31.5 Å². The molecule has 3 aliphatic carbocycles. The molecule has 6 heteroatoms. The molecule has 2 heterocycles. The van der Waals surface area contributed by atoms with E-state index in [0.717, 1.165) is 24.8 Å². The maximum absolute atomic E-state index is 13.0. The summed E-state index contributed by atoms with van der Waals surface area (Å²) in [5.41, 5.74) is -0.640. The van der Waals surface area contributed by atoms with E-state index < -0.39 is 11.4 Å². The molecule has 0 aromatic rings. The van der Waals surface area contributed by atoms with Crippen LogP contribution in [0.5, 0.6) is 0 Å². The van der Waals surface area contributed by atoms with E-state index in [9.17, 15) is 9.59 Å². The molecule has 7 atom stereocenters. The standard InChI is InChI=1S/C23H29ClO5/c1-12(25)23-18(28-20(2,3)29-23)9-15-13-8-17(24)16-10-19(26)27-11-21(16,4)14(13)6-7-22(15,23)5/h8,10,13-15,18H,6-7,9,11H2,1-5H3/t13-,14+,15+,18-,21-,22+,23-/m1/s1. The number of cyclic esters (lactones) is 1. The number of carbonyl (C=O) groups excluding carboxylic acids is 2. The van der Waals surface area contributed by atoms with Gasteiger partial charge >= 0.3 is 5.97 Å². The Morgan fingerprint density at radius 3 is 2.62 bits per heavy atom. The number of carbonyl (C=O) groups is 2. The van der Waals surface area contributed by atoms with Crippen LogP contribution in [-0.2, 0) is 23.8 Å². The van der Waals surface area contributed by atoms with E-state index in [1.165, 1.54) is 0 Å². The van der Waals surface area contributed by atoms with Gasteiger partial charge in [0.2, 0.25) is 0 Å². The smallest absolute Gasteiger partial charge is 0.331 e. The van der Waals surface area contributed by atoms with E-state index in [1.54, 1.807) is 13.0 Å². The molecular formula is C23H29ClO5. The molecule has 1 saturated heterocycles. The average Bonchev–Trinajstić information content (AvgIpc) is 3.03. The Hall–Kier alpha value is -1.17. The first-order valence-corrected chi connectivity index (χ1v) is 11.0. The highest BCUT2D eigenvalue weighted by Crippen LogP contribution is 2.69. The zero-order valence-electron chi connectivity index (χ0n) is 17.7. The van der Waals surface area contributed by atoms with Gasteiger partial charge in [0.1, 0.15) is 6.61 Å². The molecule has 0 spiro atoms. The molecule has 2 saturated carbocycles. The minimum atomic E-state index is -0.914. The molecule has 0 amide bonds. The third-order valence-corrected chi connectivity index (χ3v) is 8.98. The summed E-state index contributed by atoms with van der Waals surface area (Å²) in [5, 5.41) is 0.644. The number of hydrogen-bond donors (Lipinski definition) is 0. The Kier molecular flexibility index (Phi) is 3.92. The third-order valence-electron chi connectivity index (χ3n) is 8.65. The Morgan fingerprint density at radius 1 is 1.21 bits per heavy atom. The summed E-state index contributed by atoms with van der Waals surface area (Å²) in [7, 11) is 0. The van der Waals surface area contributed by atoms with Crippen LogP contribution >= 0.6 is 11.6 Å². The van der Waals surface area contributed by atoms with Crippen LogP contribution in [-0.4, -0.2) is 35.9 Å². The second-order valence-corrected chi connectivity index (χ2v) is 10.9. The number of fused-ring (bicyclic) bond motifs is 7. The van der Waals surface area contributed by atoms with Crippen molar-refractivity contribution in [3.8, 4) is 0 Å². The Balaban J connectivity index is 1.61. The highest BCUT2D eigenvalue weighted by atomic mass is 35.5. The van der Waals surface area contributed by atoms with Gasteiger partial charge in [-0.25, -0.2) is 4.79 Å².